The number of halogens is 1. The van der Waals surface area contributed by atoms with Crippen molar-refractivity contribution in [3.63, 3.8) is 0 Å². The fourth-order valence-electron chi connectivity index (χ4n) is 5.90. The van der Waals surface area contributed by atoms with E-state index in [0.717, 1.165) is 42.1 Å². The van der Waals surface area contributed by atoms with Crippen LogP contribution in [0.3, 0.4) is 0 Å². The molecular formula is C34H37ClN8O4S. The molecule has 2 amide bonds. The van der Waals surface area contributed by atoms with Crippen molar-refractivity contribution in [3.05, 3.63) is 76.9 Å². The van der Waals surface area contributed by atoms with Crippen LogP contribution in [0.15, 0.2) is 61.4 Å². The second-order valence-electron chi connectivity index (χ2n) is 11.7. The van der Waals surface area contributed by atoms with Crippen LogP contribution in [-0.2, 0) is 4.79 Å². The van der Waals surface area contributed by atoms with Gasteiger partial charge in [-0.2, -0.15) is 0 Å². The maximum absolute atomic E-state index is 13.0. The van der Waals surface area contributed by atoms with Crippen molar-refractivity contribution in [3.8, 4) is 17.0 Å². The number of hydrogen-bond acceptors (Lipinski definition) is 11. The fraction of sp³-hybridized carbons (Fsp3) is 0.324. The Balaban J connectivity index is 1.25. The van der Waals surface area contributed by atoms with Crippen molar-refractivity contribution in [2.24, 2.45) is 5.92 Å². The Morgan fingerprint density at radius 3 is 2.65 bits per heavy atom. The Morgan fingerprint density at radius 1 is 1.12 bits per heavy atom. The Kier molecular flexibility index (Phi) is 10.1. The molecule has 2 saturated heterocycles. The van der Waals surface area contributed by atoms with Gasteiger partial charge in [-0.15, -0.1) is 0 Å². The minimum atomic E-state index is -0.316. The number of aromatic nitrogens is 3. The number of pyridine rings is 2. The van der Waals surface area contributed by atoms with Gasteiger partial charge < -0.3 is 35.2 Å². The molecule has 14 heteroatoms. The van der Waals surface area contributed by atoms with E-state index in [4.69, 9.17) is 26.3 Å². The number of anilines is 5. The summed E-state index contributed by atoms with van der Waals surface area (Å²) in [6, 6.07) is 11.2. The van der Waals surface area contributed by atoms with Crippen molar-refractivity contribution in [2.45, 2.75) is 13.3 Å². The van der Waals surface area contributed by atoms with Crippen LogP contribution < -0.4 is 25.2 Å². The predicted octanol–water partition coefficient (Wildman–Crippen LogP) is 5.22. The molecule has 0 spiro atoms. The zero-order valence-electron chi connectivity index (χ0n) is 26.8. The van der Waals surface area contributed by atoms with Crippen molar-refractivity contribution in [1.82, 2.24) is 19.9 Å². The number of methoxy groups -OCH3 is 1. The maximum atomic E-state index is 13.0. The number of hydrogen-bond donors (Lipinski definition) is 3. The summed E-state index contributed by atoms with van der Waals surface area (Å²) in [6.45, 7) is 9.63. The molecule has 0 unspecified atom stereocenters. The summed E-state index contributed by atoms with van der Waals surface area (Å²) >= 11 is 7.49. The van der Waals surface area contributed by atoms with Gasteiger partial charge in [-0.25, -0.2) is 15.0 Å². The molecule has 4 aromatic rings. The zero-order valence-corrected chi connectivity index (χ0v) is 28.4. The fourth-order valence-corrected chi connectivity index (χ4v) is 6.88. The third kappa shape index (κ3) is 7.08. The molecule has 0 bridgehead atoms. The molecule has 6 rings (SSSR count). The number of para-hydroxylation sites is 1. The van der Waals surface area contributed by atoms with Gasteiger partial charge >= 0.3 is 0 Å². The molecule has 1 atom stereocenters. The Bertz CT molecular complexity index is 1810. The molecule has 2 aliphatic rings. The van der Waals surface area contributed by atoms with Gasteiger partial charge in [-0.05, 0) is 49.2 Å². The molecule has 2 aliphatic heterocycles. The maximum Gasteiger partial charge on any atom is 0.267 e. The van der Waals surface area contributed by atoms with E-state index in [-0.39, 0.29) is 24.3 Å². The molecule has 48 heavy (non-hydrogen) atoms. The molecule has 3 aromatic heterocycles. The summed E-state index contributed by atoms with van der Waals surface area (Å²) in [5, 5.41) is 16.9. The highest BCUT2D eigenvalue weighted by Crippen LogP contribution is 2.37. The molecule has 250 valence electrons. The Labute approximate surface area is 288 Å². The van der Waals surface area contributed by atoms with Gasteiger partial charge in [0.25, 0.3) is 5.91 Å². The highest BCUT2D eigenvalue weighted by Gasteiger charge is 2.29. The number of aliphatic hydroxyl groups is 1. The van der Waals surface area contributed by atoms with Crippen LogP contribution in [-0.4, -0.2) is 89.8 Å². The van der Waals surface area contributed by atoms with Gasteiger partial charge in [0.05, 0.1) is 35.4 Å². The van der Waals surface area contributed by atoms with E-state index in [2.05, 4.69) is 38.1 Å². The summed E-state index contributed by atoms with van der Waals surface area (Å²) in [5.41, 5.74) is 3.86. The van der Waals surface area contributed by atoms with Gasteiger partial charge in [0, 0.05) is 63.6 Å². The monoisotopic (exact) mass is 688 g/mol. The van der Waals surface area contributed by atoms with E-state index < -0.39 is 0 Å². The molecular weight excluding hydrogens is 652 g/mol. The highest BCUT2D eigenvalue weighted by atomic mass is 35.5. The van der Waals surface area contributed by atoms with Gasteiger partial charge in [0.15, 0.2) is 22.5 Å². The average molecular weight is 689 g/mol. The van der Waals surface area contributed by atoms with Crippen LogP contribution >= 0.6 is 22.9 Å². The van der Waals surface area contributed by atoms with Crippen molar-refractivity contribution in [2.75, 3.05) is 73.4 Å². The van der Waals surface area contributed by atoms with Crippen LogP contribution in [0, 0.1) is 12.8 Å². The SMILES string of the molecule is C=CC(=O)N1CCN(c2ncc(-c3ccc(OC)c(Nc4ncc(C(=O)Nc5c(C)cccc5Cl)s4)n3)cc2N2CC[C@@H](CO)C2)CC1. The number of carbonyl (C=O) groups excluding carboxylic acids is 2. The number of benzene rings is 1. The first-order chi connectivity index (χ1) is 23.3. The second-order valence-corrected chi connectivity index (χ2v) is 13.1. The van der Waals surface area contributed by atoms with E-state index in [0.29, 0.717) is 64.2 Å². The molecule has 2 fully saturated rings. The lowest BCUT2D eigenvalue weighted by Gasteiger charge is -2.37. The number of thiazole rings is 1. The normalized spacial score (nSPS) is 16.2. The lowest BCUT2D eigenvalue weighted by atomic mass is 10.1. The lowest BCUT2D eigenvalue weighted by Crippen LogP contribution is -2.49. The van der Waals surface area contributed by atoms with Gasteiger partial charge in [-0.1, -0.05) is 41.6 Å². The summed E-state index contributed by atoms with van der Waals surface area (Å²) < 4.78 is 5.60. The average Bonchev–Trinajstić information content (AvgIpc) is 3.80. The van der Waals surface area contributed by atoms with Crippen molar-refractivity contribution >= 4 is 62.9 Å². The molecule has 0 radical (unpaired) electrons. The quantitative estimate of drug-likeness (QED) is 0.190. The first kappa shape index (κ1) is 33.2. The number of ether oxygens (including phenoxy) is 1. The predicted molar refractivity (Wildman–Crippen MR) is 190 cm³/mol. The zero-order chi connectivity index (χ0) is 33.8. The number of nitrogens with zero attached hydrogens (tertiary/aromatic N) is 6. The van der Waals surface area contributed by atoms with Crippen LogP contribution in [0.5, 0.6) is 5.75 Å². The number of rotatable bonds is 10. The number of aliphatic hydroxyl groups excluding tert-OH is 1. The largest absolute Gasteiger partial charge is 0.493 e. The Hall–Kier alpha value is -4.72. The molecule has 0 aliphatic carbocycles. The lowest BCUT2D eigenvalue weighted by molar-refractivity contribution is -0.126. The Morgan fingerprint density at radius 2 is 1.94 bits per heavy atom. The summed E-state index contributed by atoms with van der Waals surface area (Å²) in [5.74, 6) is 1.60. The van der Waals surface area contributed by atoms with E-state index in [1.54, 1.807) is 24.3 Å². The smallest absolute Gasteiger partial charge is 0.267 e. The minimum absolute atomic E-state index is 0.0667. The van der Waals surface area contributed by atoms with Crippen LogP contribution in [0.1, 0.15) is 21.7 Å². The number of carbonyl (C=O) groups is 2. The molecule has 12 nitrogen and oxygen atoms in total. The third-order valence-electron chi connectivity index (χ3n) is 8.59. The second kappa shape index (κ2) is 14.6. The molecule has 0 saturated carbocycles. The van der Waals surface area contributed by atoms with Crippen LogP contribution in [0.25, 0.3) is 11.3 Å². The number of nitrogens with one attached hydrogen (secondary N) is 2. The van der Waals surface area contributed by atoms with E-state index in [1.165, 1.54) is 23.6 Å². The summed E-state index contributed by atoms with van der Waals surface area (Å²) in [7, 11) is 1.57. The van der Waals surface area contributed by atoms with E-state index in [9.17, 15) is 14.7 Å². The molecule has 1 aromatic carbocycles. The molecule has 5 heterocycles. The number of amides is 2. The van der Waals surface area contributed by atoms with Crippen LogP contribution in [0.2, 0.25) is 5.02 Å². The standard InChI is InChI=1S/C34H37ClN8O4S/c1-4-29(45)41-12-14-42(15-13-41)32-26(43-11-10-22(19-43)20-44)16-23(17-36-32)25-8-9-27(47-3)31(38-25)40-34-37-18-28(48-34)33(46)39-30-21(2)6-5-7-24(30)35/h4-9,16-18,22,44H,1,10-15,19-20H2,2-3H3,(H,39,46)(H,37,38,40)/t22-/m1/s1. The molecule has 3 N–H and O–H groups in total. The van der Waals surface area contributed by atoms with Crippen molar-refractivity contribution in [1.29, 1.82) is 0 Å². The van der Waals surface area contributed by atoms with Crippen LogP contribution in [0.4, 0.5) is 28.1 Å². The van der Waals surface area contributed by atoms with E-state index in [1.807, 2.05) is 31.2 Å². The van der Waals surface area contributed by atoms with Gasteiger partial charge in [-0.3, -0.25) is 9.59 Å². The summed E-state index contributed by atoms with van der Waals surface area (Å²) in [4.78, 5) is 46.1. The topological polar surface area (TPSA) is 136 Å². The first-order valence-corrected chi connectivity index (χ1v) is 16.8. The number of aryl methyl sites for hydroxylation is 1. The number of piperazine rings is 1. The van der Waals surface area contributed by atoms with Gasteiger partial charge in [0.1, 0.15) is 4.88 Å². The van der Waals surface area contributed by atoms with Crippen molar-refractivity contribution < 1.29 is 19.4 Å². The van der Waals surface area contributed by atoms with Gasteiger partial charge in [0.2, 0.25) is 5.91 Å². The minimum Gasteiger partial charge on any atom is -0.493 e. The first-order valence-electron chi connectivity index (χ1n) is 15.6. The van der Waals surface area contributed by atoms with E-state index >= 15 is 0 Å². The summed E-state index contributed by atoms with van der Waals surface area (Å²) in [6.07, 6.45) is 5.55. The third-order valence-corrected chi connectivity index (χ3v) is 9.81. The highest BCUT2D eigenvalue weighted by molar-refractivity contribution is 7.17.